The first-order valence-electron chi connectivity index (χ1n) is 11.4. The largest absolute Gasteiger partial charge is 0.374 e. The predicted octanol–water partition coefficient (Wildman–Crippen LogP) is 2.81. The van der Waals surface area contributed by atoms with E-state index in [4.69, 9.17) is 4.74 Å². The van der Waals surface area contributed by atoms with Gasteiger partial charge in [0.25, 0.3) is 5.56 Å². The third-order valence-electron chi connectivity index (χ3n) is 6.09. The van der Waals surface area contributed by atoms with Crippen molar-refractivity contribution in [2.24, 2.45) is 18.4 Å². The third kappa shape index (κ3) is 5.09. The van der Waals surface area contributed by atoms with Crippen molar-refractivity contribution in [1.29, 1.82) is 0 Å². The maximum atomic E-state index is 14.3. The molecule has 0 bridgehead atoms. The van der Waals surface area contributed by atoms with E-state index in [9.17, 15) is 14.0 Å². The highest BCUT2D eigenvalue weighted by Gasteiger charge is 2.30. The molecule has 2 aliphatic rings. The van der Waals surface area contributed by atoms with Crippen LogP contribution in [0.4, 0.5) is 10.3 Å². The number of nitrogens with zero attached hydrogens (tertiary/aromatic N) is 4. The number of allylic oxidation sites excluding steroid dienone is 2. The lowest BCUT2D eigenvalue weighted by molar-refractivity contribution is -0.127. The molecule has 180 valence electrons. The molecule has 1 aliphatic heterocycles. The molecular weight excluding hydrogens is 437 g/mol. The van der Waals surface area contributed by atoms with Crippen LogP contribution in [0.15, 0.2) is 53.2 Å². The Labute approximate surface area is 198 Å². The van der Waals surface area contributed by atoms with Crippen LogP contribution in [0.1, 0.15) is 27.2 Å². The zero-order valence-corrected chi connectivity index (χ0v) is 19.9. The minimum atomic E-state index is -0.525. The van der Waals surface area contributed by atoms with E-state index in [2.05, 4.69) is 21.4 Å². The molecule has 8 nitrogen and oxygen atoms in total. The fraction of sp³-hybridized carbons (Fsp3) is 0.440. The first-order valence-corrected chi connectivity index (χ1v) is 11.4. The van der Waals surface area contributed by atoms with Gasteiger partial charge in [-0.1, -0.05) is 32.9 Å². The van der Waals surface area contributed by atoms with Gasteiger partial charge in [0.1, 0.15) is 0 Å². The zero-order valence-electron chi connectivity index (χ0n) is 19.9. The number of halogens is 1. The summed E-state index contributed by atoms with van der Waals surface area (Å²) in [4.78, 5) is 35.3. The zero-order chi connectivity index (χ0) is 24.5. The van der Waals surface area contributed by atoms with Crippen LogP contribution in [0.5, 0.6) is 0 Å². The molecule has 1 amide bonds. The van der Waals surface area contributed by atoms with Gasteiger partial charge >= 0.3 is 0 Å². The molecule has 0 radical (unpaired) electrons. The van der Waals surface area contributed by atoms with E-state index in [-0.39, 0.29) is 34.7 Å². The average molecular weight is 468 g/mol. The number of ether oxygens (including phenoxy) is 1. The molecule has 9 heteroatoms. The number of nitrogens with one attached hydrogen (secondary N) is 1. The van der Waals surface area contributed by atoms with Crippen molar-refractivity contribution in [3.63, 3.8) is 0 Å². The summed E-state index contributed by atoms with van der Waals surface area (Å²) in [6.07, 6.45) is 9.19. The molecule has 1 unspecified atom stereocenters. The van der Waals surface area contributed by atoms with Crippen LogP contribution in [-0.4, -0.2) is 46.2 Å². The summed E-state index contributed by atoms with van der Waals surface area (Å²) < 4.78 is 21.8. The van der Waals surface area contributed by atoms with Gasteiger partial charge in [0.15, 0.2) is 5.82 Å². The van der Waals surface area contributed by atoms with Crippen LogP contribution < -0.4 is 15.8 Å². The first kappa shape index (κ1) is 23.8. The van der Waals surface area contributed by atoms with Crippen molar-refractivity contribution < 1.29 is 13.9 Å². The summed E-state index contributed by atoms with van der Waals surface area (Å²) in [5.74, 6) is 0.0402. The second-order valence-corrected chi connectivity index (χ2v) is 9.67. The monoisotopic (exact) mass is 467 g/mol. The third-order valence-corrected chi connectivity index (χ3v) is 6.09. The van der Waals surface area contributed by atoms with Gasteiger partial charge < -0.3 is 15.0 Å². The van der Waals surface area contributed by atoms with Gasteiger partial charge in [-0.2, -0.15) is 0 Å². The molecular formula is C25H30FN5O3. The standard InChI is InChI=1S/C25H30FN5O3/c1-25(2,3)23(33)28-17-7-5-16(6-8-17)21-15-31(11-12-34-21)24-29-20(13-22(32)30(24)4)18-9-10-27-14-19(18)26/h5,7-10,13-14,16,21H,6,11-12,15H2,1-4H3,(H,28,33)/t16?,21-/m1/s1. The molecule has 4 rings (SSSR count). The van der Waals surface area contributed by atoms with E-state index in [0.29, 0.717) is 25.6 Å². The van der Waals surface area contributed by atoms with Gasteiger partial charge in [0.05, 0.1) is 24.6 Å². The fourth-order valence-electron chi connectivity index (χ4n) is 3.97. The Kier molecular flexibility index (Phi) is 6.65. The summed E-state index contributed by atoms with van der Waals surface area (Å²) in [5.41, 5.74) is 0.582. The second-order valence-electron chi connectivity index (χ2n) is 9.67. The maximum Gasteiger partial charge on any atom is 0.255 e. The highest BCUT2D eigenvalue weighted by Crippen LogP contribution is 2.27. The van der Waals surface area contributed by atoms with E-state index in [0.717, 1.165) is 18.3 Å². The molecule has 1 fully saturated rings. The fourth-order valence-corrected chi connectivity index (χ4v) is 3.97. The van der Waals surface area contributed by atoms with E-state index in [1.807, 2.05) is 37.8 Å². The Morgan fingerprint density at radius 1 is 1.32 bits per heavy atom. The number of anilines is 1. The summed E-state index contributed by atoms with van der Waals surface area (Å²) in [6.45, 7) is 7.22. The molecule has 0 saturated carbocycles. The van der Waals surface area contributed by atoms with Crippen molar-refractivity contribution in [1.82, 2.24) is 19.9 Å². The van der Waals surface area contributed by atoms with Crippen molar-refractivity contribution in [2.45, 2.75) is 33.3 Å². The lowest BCUT2D eigenvalue weighted by Crippen LogP contribution is -2.47. The summed E-state index contributed by atoms with van der Waals surface area (Å²) in [5, 5.41) is 2.96. The number of pyridine rings is 1. The molecule has 1 N–H and O–H groups in total. The van der Waals surface area contributed by atoms with Gasteiger partial charge in [0, 0.05) is 55.0 Å². The normalized spacial score (nSPS) is 20.7. The highest BCUT2D eigenvalue weighted by atomic mass is 19.1. The predicted molar refractivity (Wildman–Crippen MR) is 128 cm³/mol. The number of morpholine rings is 1. The number of hydrogen-bond donors (Lipinski definition) is 1. The van der Waals surface area contributed by atoms with Crippen molar-refractivity contribution in [2.75, 3.05) is 24.6 Å². The molecule has 34 heavy (non-hydrogen) atoms. The number of carbonyl (C=O) groups excluding carboxylic acids is 1. The lowest BCUT2D eigenvalue weighted by atomic mass is 9.91. The summed E-state index contributed by atoms with van der Waals surface area (Å²) in [7, 11) is 1.66. The highest BCUT2D eigenvalue weighted by molar-refractivity contribution is 5.83. The Balaban J connectivity index is 1.50. The molecule has 2 atom stereocenters. The van der Waals surface area contributed by atoms with Gasteiger partial charge in [-0.3, -0.25) is 19.1 Å². The van der Waals surface area contributed by atoms with Crippen LogP contribution in [0.3, 0.4) is 0 Å². The van der Waals surface area contributed by atoms with Crippen LogP contribution in [0.25, 0.3) is 11.3 Å². The van der Waals surface area contributed by atoms with Gasteiger partial charge in [-0.05, 0) is 18.6 Å². The van der Waals surface area contributed by atoms with Crippen LogP contribution in [-0.2, 0) is 16.6 Å². The molecule has 2 aromatic rings. The SMILES string of the molecule is Cn1c(N2CCO[C@@H](C3C=CC(NC(=O)C(C)(C)C)=CC3)C2)nc(-c2ccncc2F)cc1=O. The van der Waals surface area contributed by atoms with Crippen LogP contribution >= 0.6 is 0 Å². The first-order chi connectivity index (χ1) is 16.1. The average Bonchev–Trinajstić information content (AvgIpc) is 2.81. The molecule has 3 heterocycles. The number of amides is 1. The summed E-state index contributed by atoms with van der Waals surface area (Å²) in [6, 6.07) is 2.85. The van der Waals surface area contributed by atoms with Crippen LogP contribution in [0.2, 0.25) is 0 Å². The number of hydrogen-bond acceptors (Lipinski definition) is 6. The minimum absolute atomic E-state index is 0.0283. The molecule has 1 saturated heterocycles. The Bertz CT molecular complexity index is 1200. The molecule has 0 spiro atoms. The molecule has 1 aliphatic carbocycles. The number of carbonyl (C=O) groups is 1. The van der Waals surface area contributed by atoms with Gasteiger partial charge in [0.2, 0.25) is 11.9 Å². The van der Waals surface area contributed by atoms with Crippen molar-refractivity contribution in [3.05, 3.63) is 64.6 Å². The second kappa shape index (κ2) is 9.50. The minimum Gasteiger partial charge on any atom is -0.374 e. The van der Waals surface area contributed by atoms with Gasteiger partial charge in [-0.15, -0.1) is 0 Å². The van der Waals surface area contributed by atoms with E-state index in [1.54, 1.807) is 7.05 Å². The number of rotatable bonds is 4. The van der Waals surface area contributed by atoms with Crippen LogP contribution in [0, 0.1) is 17.2 Å². The van der Waals surface area contributed by atoms with Gasteiger partial charge in [-0.25, -0.2) is 9.37 Å². The summed E-state index contributed by atoms with van der Waals surface area (Å²) >= 11 is 0. The van der Waals surface area contributed by atoms with Crippen molar-refractivity contribution >= 4 is 11.9 Å². The lowest BCUT2D eigenvalue weighted by Gasteiger charge is -2.37. The Hall–Kier alpha value is -3.33. The molecule has 0 aromatic carbocycles. The number of aromatic nitrogens is 3. The topological polar surface area (TPSA) is 89.3 Å². The van der Waals surface area contributed by atoms with Crippen molar-refractivity contribution in [3.8, 4) is 11.3 Å². The molecule has 2 aromatic heterocycles. The smallest absolute Gasteiger partial charge is 0.255 e. The Morgan fingerprint density at radius 2 is 2.12 bits per heavy atom. The van der Waals surface area contributed by atoms with E-state index in [1.165, 1.54) is 22.9 Å². The van der Waals surface area contributed by atoms with E-state index < -0.39 is 11.2 Å². The quantitative estimate of drug-likeness (QED) is 0.744. The Morgan fingerprint density at radius 3 is 2.79 bits per heavy atom. The maximum absolute atomic E-state index is 14.3. The van der Waals surface area contributed by atoms with E-state index >= 15 is 0 Å².